The summed E-state index contributed by atoms with van der Waals surface area (Å²) in [6.45, 7) is 4.31. The van der Waals surface area contributed by atoms with Crippen LogP contribution in [0.15, 0.2) is 24.3 Å². The predicted molar refractivity (Wildman–Crippen MR) is 72.4 cm³/mol. The zero-order valence-corrected chi connectivity index (χ0v) is 11.4. The smallest absolute Gasteiger partial charge is 0.347 e. The van der Waals surface area contributed by atoms with Crippen molar-refractivity contribution >= 4 is 12.3 Å². The molecule has 19 heavy (non-hydrogen) atoms. The van der Waals surface area contributed by atoms with Crippen molar-refractivity contribution in [1.29, 1.82) is 0 Å². The Bertz CT molecular complexity index is 414. The number of carbonyl (C=O) groups is 2. The van der Waals surface area contributed by atoms with Crippen molar-refractivity contribution in [1.82, 2.24) is 0 Å². The lowest BCUT2D eigenvalue weighted by atomic mass is 10.2. The molecule has 0 fully saturated rings. The van der Waals surface area contributed by atoms with Crippen molar-refractivity contribution in [2.75, 3.05) is 6.61 Å². The molecule has 0 unspecified atom stereocenters. The zero-order valence-electron chi connectivity index (χ0n) is 11.4. The Labute approximate surface area is 113 Å². The minimum Gasteiger partial charge on any atom is -0.479 e. The third kappa shape index (κ3) is 5.12. The van der Waals surface area contributed by atoms with Crippen LogP contribution in [0.25, 0.3) is 0 Å². The fourth-order valence-electron chi connectivity index (χ4n) is 1.53. The molecule has 0 saturated heterocycles. The summed E-state index contributed by atoms with van der Waals surface area (Å²) in [5.74, 6) is 0.149. The lowest BCUT2D eigenvalue weighted by Crippen LogP contribution is -2.29. The van der Waals surface area contributed by atoms with Crippen LogP contribution in [0.5, 0.6) is 5.75 Å². The molecule has 4 nitrogen and oxygen atoms in total. The van der Waals surface area contributed by atoms with Gasteiger partial charge in [-0.1, -0.05) is 32.4 Å². The Kier molecular flexibility index (Phi) is 6.64. The molecule has 0 heterocycles. The Morgan fingerprint density at radius 2 is 2.16 bits per heavy atom. The molecule has 1 aromatic carbocycles. The molecule has 1 rings (SSSR count). The molecule has 104 valence electrons. The van der Waals surface area contributed by atoms with E-state index in [1.165, 1.54) is 0 Å². The van der Waals surface area contributed by atoms with Gasteiger partial charge in [-0.25, -0.2) is 4.79 Å². The number of rotatable bonds is 8. The third-order valence-electron chi connectivity index (χ3n) is 2.65. The van der Waals surface area contributed by atoms with Crippen LogP contribution >= 0.6 is 0 Å². The van der Waals surface area contributed by atoms with E-state index < -0.39 is 6.10 Å². The van der Waals surface area contributed by atoms with Crippen LogP contribution < -0.4 is 4.74 Å². The molecular weight excluding hydrogens is 244 g/mol. The number of esters is 1. The Morgan fingerprint density at radius 1 is 1.37 bits per heavy atom. The van der Waals surface area contributed by atoms with E-state index in [4.69, 9.17) is 9.47 Å². The van der Waals surface area contributed by atoms with Crippen molar-refractivity contribution in [3.63, 3.8) is 0 Å². The standard InChI is InChI=1S/C15H20O4/c1-3-5-9-18-15(17)14(4-2)19-13-8-6-7-12(10-13)11-16/h6-8,10-11,14H,3-5,9H2,1-2H3/t14-/m1/s1. The molecule has 4 heteroatoms. The number of benzene rings is 1. The zero-order chi connectivity index (χ0) is 14.1. The quantitative estimate of drug-likeness (QED) is 0.411. The maximum absolute atomic E-state index is 11.8. The van der Waals surface area contributed by atoms with Crippen LogP contribution in [0.2, 0.25) is 0 Å². The summed E-state index contributed by atoms with van der Waals surface area (Å²) in [6, 6.07) is 6.72. The van der Waals surface area contributed by atoms with Gasteiger partial charge in [0, 0.05) is 5.56 Å². The van der Waals surface area contributed by atoms with Gasteiger partial charge >= 0.3 is 5.97 Å². The number of carbonyl (C=O) groups excluding carboxylic acids is 2. The van der Waals surface area contributed by atoms with E-state index in [1.54, 1.807) is 24.3 Å². The molecule has 0 spiro atoms. The minimum atomic E-state index is -0.626. The number of hydrogen-bond acceptors (Lipinski definition) is 4. The second kappa shape index (κ2) is 8.29. The van der Waals surface area contributed by atoms with Crippen LogP contribution in [0.1, 0.15) is 43.5 Å². The van der Waals surface area contributed by atoms with Crippen LogP contribution in [-0.2, 0) is 9.53 Å². The Balaban J connectivity index is 2.59. The fourth-order valence-corrected chi connectivity index (χ4v) is 1.53. The SMILES string of the molecule is CCCCOC(=O)[C@@H](CC)Oc1cccc(C=O)c1. The van der Waals surface area contributed by atoms with Gasteiger partial charge < -0.3 is 9.47 Å². The summed E-state index contributed by atoms with van der Waals surface area (Å²) in [4.78, 5) is 22.5. The summed E-state index contributed by atoms with van der Waals surface area (Å²) in [5.41, 5.74) is 0.520. The summed E-state index contributed by atoms with van der Waals surface area (Å²) in [7, 11) is 0. The molecule has 0 radical (unpaired) electrons. The van der Waals surface area contributed by atoms with E-state index in [2.05, 4.69) is 0 Å². The van der Waals surface area contributed by atoms with Crippen molar-refractivity contribution < 1.29 is 19.1 Å². The monoisotopic (exact) mass is 264 g/mol. The first kappa shape index (κ1) is 15.2. The van der Waals surface area contributed by atoms with Gasteiger partial charge in [0.25, 0.3) is 0 Å². The van der Waals surface area contributed by atoms with Gasteiger partial charge in [-0.3, -0.25) is 4.79 Å². The highest BCUT2D eigenvalue weighted by atomic mass is 16.6. The van der Waals surface area contributed by atoms with E-state index in [9.17, 15) is 9.59 Å². The molecule has 1 aromatic rings. The van der Waals surface area contributed by atoms with Gasteiger partial charge in [0.1, 0.15) is 12.0 Å². The lowest BCUT2D eigenvalue weighted by Gasteiger charge is -2.16. The first-order valence-corrected chi connectivity index (χ1v) is 6.59. The first-order valence-electron chi connectivity index (χ1n) is 6.59. The molecule has 0 aliphatic carbocycles. The highest BCUT2D eigenvalue weighted by Crippen LogP contribution is 2.15. The van der Waals surface area contributed by atoms with Crippen LogP contribution in [-0.4, -0.2) is 25.0 Å². The average Bonchev–Trinajstić information content (AvgIpc) is 2.45. The molecule has 0 bridgehead atoms. The number of aldehydes is 1. The van der Waals surface area contributed by atoms with E-state index in [-0.39, 0.29) is 5.97 Å². The molecule has 0 saturated carbocycles. The Morgan fingerprint density at radius 3 is 2.79 bits per heavy atom. The van der Waals surface area contributed by atoms with Crippen LogP contribution in [0.4, 0.5) is 0 Å². The maximum Gasteiger partial charge on any atom is 0.347 e. The normalized spacial score (nSPS) is 11.7. The topological polar surface area (TPSA) is 52.6 Å². The molecule has 0 N–H and O–H groups in total. The van der Waals surface area contributed by atoms with Crippen LogP contribution in [0.3, 0.4) is 0 Å². The number of unbranched alkanes of at least 4 members (excludes halogenated alkanes) is 1. The van der Waals surface area contributed by atoms with E-state index in [1.807, 2.05) is 13.8 Å². The summed E-state index contributed by atoms with van der Waals surface area (Å²) in [6.07, 6.45) is 2.47. The highest BCUT2D eigenvalue weighted by Gasteiger charge is 2.19. The van der Waals surface area contributed by atoms with Crippen LogP contribution in [0, 0.1) is 0 Å². The van der Waals surface area contributed by atoms with Gasteiger partial charge in [-0.2, -0.15) is 0 Å². The van der Waals surface area contributed by atoms with E-state index in [0.717, 1.165) is 19.1 Å². The van der Waals surface area contributed by atoms with Crippen molar-refractivity contribution in [2.45, 2.75) is 39.2 Å². The highest BCUT2D eigenvalue weighted by molar-refractivity contribution is 5.76. The molecule has 0 aliphatic rings. The van der Waals surface area contributed by atoms with E-state index in [0.29, 0.717) is 24.3 Å². The minimum absolute atomic E-state index is 0.354. The predicted octanol–water partition coefficient (Wildman–Crippen LogP) is 3.00. The lowest BCUT2D eigenvalue weighted by molar-refractivity contribution is -0.152. The van der Waals surface area contributed by atoms with Gasteiger partial charge in [0.2, 0.25) is 0 Å². The molecule has 0 amide bonds. The van der Waals surface area contributed by atoms with Crippen molar-refractivity contribution in [3.8, 4) is 5.75 Å². The molecular formula is C15H20O4. The summed E-state index contributed by atoms with van der Waals surface area (Å²) in [5, 5.41) is 0. The average molecular weight is 264 g/mol. The largest absolute Gasteiger partial charge is 0.479 e. The third-order valence-corrected chi connectivity index (χ3v) is 2.65. The van der Waals surface area contributed by atoms with Gasteiger partial charge in [-0.15, -0.1) is 0 Å². The second-order valence-corrected chi connectivity index (χ2v) is 4.23. The number of ether oxygens (including phenoxy) is 2. The maximum atomic E-state index is 11.8. The summed E-state index contributed by atoms with van der Waals surface area (Å²) >= 11 is 0. The molecule has 0 aliphatic heterocycles. The van der Waals surface area contributed by atoms with E-state index >= 15 is 0 Å². The van der Waals surface area contributed by atoms with Crippen molar-refractivity contribution in [2.24, 2.45) is 0 Å². The number of hydrogen-bond donors (Lipinski definition) is 0. The summed E-state index contributed by atoms with van der Waals surface area (Å²) < 4.78 is 10.7. The fraction of sp³-hybridized carbons (Fsp3) is 0.467. The molecule has 0 aromatic heterocycles. The van der Waals surface area contributed by atoms with Gasteiger partial charge in [0.05, 0.1) is 6.61 Å². The Hall–Kier alpha value is -1.84. The second-order valence-electron chi connectivity index (χ2n) is 4.23. The van der Waals surface area contributed by atoms with Gasteiger partial charge in [-0.05, 0) is 25.0 Å². The molecule has 1 atom stereocenters. The first-order chi connectivity index (χ1) is 9.21. The van der Waals surface area contributed by atoms with Gasteiger partial charge in [0.15, 0.2) is 6.10 Å². The van der Waals surface area contributed by atoms with Crippen molar-refractivity contribution in [3.05, 3.63) is 29.8 Å².